The normalized spacial score (nSPS) is 10.9. The van der Waals surface area contributed by atoms with Crippen molar-refractivity contribution >= 4 is 11.6 Å². The molecule has 17 heavy (non-hydrogen) atoms. The maximum absolute atomic E-state index is 11.0. The molecule has 0 aliphatic carbocycles. The lowest BCUT2D eigenvalue weighted by Gasteiger charge is -1.96. The largest absolute Gasteiger partial charge is 0.478 e. The van der Waals surface area contributed by atoms with Crippen molar-refractivity contribution in [1.82, 2.24) is 9.38 Å². The zero-order chi connectivity index (χ0) is 12.3. The molecule has 2 aromatic rings. The summed E-state index contributed by atoms with van der Waals surface area (Å²) in [6, 6.07) is 3.26. The van der Waals surface area contributed by atoms with Crippen LogP contribution in [0.2, 0.25) is 0 Å². The van der Waals surface area contributed by atoms with Crippen molar-refractivity contribution in [3.05, 3.63) is 35.8 Å². The third-order valence-corrected chi connectivity index (χ3v) is 2.54. The first kappa shape index (κ1) is 11.6. The number of aromatic nitrogens is 2. The van der Waals surface area contributed by atoms with Crippen LogP contribution >= 0.6 is 0 Å². The van der Waals surface area contributed by atoms with E-state index >= 15 is 0 Å². The number of nitrogens with zero attached hydrogens (tertiary/aromatic N) is 2. The average Bonchev–Trinajstić information content (AvgIpc) is 2.71. The minimum atomic E-state index is -0.954. The van der Waals surface area contributed by atoms with Gasteiger partial charge in [-0.2, -0.15) is 0 Å². The van der Waals surface area contributed by atoms with Crippen LogP contribution in [0.5, 0.6) is 0 Å². The third kappa shape index (κ3) is 2.45. The van der Waals surface area contributed by atoms with E-state index in [0.717, 1.165) is 18.5 Å². The van der Waals surface area contributed by atoms with Crippen LogP contribution in [0.25, 0.3) is 5.65 Å². The molecule has 0 atom stereocenters. The number of aryl methyl sites for hydroxylation is 1. The molecule has 5 nitrogen and oxygen atoms in total. The first-order valence-electron chi connectivity index (χ1n) is 5.41. The molecule has 0 aliphatic heterocycles. The number of hydrogen-bond donors (Lipinski definition) is 1. The van der Waals surface area contributed by atoms with Gasteiger partial charge in [0.1, 0.15) is 5.56 Å². The van der Waals surface area contributed by atoms with Crippen LogP contribution in [0.4, 0.5) is 0 Å². The molecule has 0 bridgehead atoms. The van der Waals surface area contributed by atoms with Gasteiger partial charge >= 0.3 is 5.97 Å². The Morgan fingerprint density at radius 2 is 2.41 bits per heavy atom. The van der Waals surface area contributed by atoms with Crippen molar-refractivity contribution < 1.29 is 14.6 Å². The van der Waals surface area contributed by atoms with E-state index in [4.69, 9.17) is 9.84 Å². The number of rotatable bonds is 5. The molecule has 90 valence electrons. The first-order valence-corrected chi connectivity index (χ1v) is 5.41. The quantitative estimate of drug-likeness (QED) is 0.798. The summed E-state index contributed by atoms with van der Waals surface area (Å²) >= 11 is 0. The summed E-state index contributed by atoms with van der Waals surface area (Å²) in [5.41, 5.74) is 1.61. The number of pyridine rings is 1. The van der Waals surface area contributed by atoms with E-state index in [-0.39, 0.29) is 5.56 Å². The Labute approximate surface area is 98.7 Å². The molecule has 5 heteroatoms. The summed E-state index contributed by atoms with van der Waals surface area (Å²) in [6.45, 7) is 0.680. The number of aromatic carboxylic acids is 1. The highest BCUT2D eigenvalue weighted by Crippen LogP contribution is 2.12. The van der Waals surface area contributed by atoms with Crippen LogP contribution in [0.3, 0.4) is 0 Å². The second kappa shape index (κ2) is 4.97. The van der Waals surface area contributed by atoms with Gasteiger partial charge in [0, 0.05) is 26.1 Å². The molecule has 0 spiro atoms. The number of ether oxygens (including phenoxy) is 1. The van der Waals surface area contributed by atoms with E-state index < -0.39 is 5.97 Å². The van der Waals surface area contributed by atoms with E-state index in [1.165, 1.54) is 0 Å². The fourth-order valence-corrected chi connectivity index (χ4v) is 1.75. The number of hydrogen-bond acceptors (Lipinski definition) is 3. The maximum Gasteiger partial charge on any atom is 0.339 e. The van der Waals surface area contributed by atoms with Crippen LogP contribution in [0.1, 0.15) is 22.5 Å². The molecule has 0 fully saturated rings. The summed E-state index contributed by atoms with van der Waals surface area (Å²) in [5.74, 6) is -0.954. The van der Waals surface area contributed by atoms with E-state index in [0.29, 0.717) is 12.3 Å². The van der Waals surface area contributed by atoms with Gasteiger partial charge in [0.15, 0.2) is 5.65 Å². The Hall–Kier alpha value is -1.88. The number of carboxylic acids is 1. The van der Waals surface area contributed by atoms with Crippen molar-refractivity contribution in [1.29, 1.82) is 0 Å². The van der Waals surface area contributed by atoms with E-state index in [2.05, 4.69) is 4.98 Å². The van der Waals surface area contributed by atoms with Crippen LogP contribution < -0.4 is 0 Å². The van der Waals surface area contributed by atoms with Gasteiger partial charge in [-0.1, -0.05) is 0 Å². The van der Waals surface area contributed by atoms with Crippen molar-refractivity contribution in [2.75, 3.05) is 13.7 Å². The third-order valence-electron chi connectivity index (χ3n) is 2.54. The lowest BCUT2D eigenvalue weighted by molar-refractivity contribution is 0.0698. The Kier molecular flexibility index (Phi) is 3.39. The molecule has 0 aromatic carbocycles. The topological polar surface area (TPSA) is 63.8 Å². The molecule has 1 N–H and O–H groups in total. The zero-order valence-electron chi connectivity index (χ0n) is 9.59. The number of carbonyl (C=O) groups is 1. The Morgan fingerprint density at radius 1 is 1.59 bits per heavy atom. The standard InChI is InChI=1S/C12H14N2O3/c1-17-7-3-4-9-8-14-6-2-5-10(12(15)16)11(14)13-9/h2,5-6,8H,3-4,7H2,1H3,(H,15,16). The maximum atomic E-state index is 11.0. The second-order valence-corrected chi connectivity index (χ2v) is 3.79. The first-order chi connectivity index (χ1) is 8.22. The highest BCUT2D eigenvalue weighted by Gasteiger charge is 2.11. The van der Waals surface area contributed by atoms with Gasteiger partial charge in [0.25, 0.3) is 0 Å². The molecular weight excluding hydrogens is 220 g/mol. The number of methoxy groups -OCH3 is 1. The number of imidazole rings is 1. The van der Waals surface area contributed by atoms with Gasteiger partial charge in [-0.25, -0.2) is 9.78 Å². The van der Waals surface area contributed by atoms with Gasteiger partial charge in [0.2, 0.25) is 0 Å². The molecule has 2 aromatic heterocycles. The SMILES string of the molecule is COCCCc1cn2cccc(C(=O)O)c2n1. The highest BCUT2D eigenvalue weighted by molar-refractivity contribution is 5.94. The molecule has 0 unspecified atom stereocenters. The lowest BCUT2D eigenvalue weighted by atomic mass is 10.2. The monoisotopic (exact) mass is 234 g/mol. The van der Waals surface area contributed by atoms with Crippen LogP contribution in [0, 0.1) is 0 Å². The molecule has 2 heterocycles. The van der Waals surface area contributed by atoms with Gasteiger partial charge in [-0.15, -0.1) is 0 Å². The smallest absolute Gasteiger partial charge is 0.339 e. The minimum absolute atomic E-state index is 0.227. The predicted octanol–water partition coefficient (Wildman–Crippen LogP) is 1.61. The Morgan fingerprint density at radius 3 is 3.12 bits per heavy atom. The molecule has 0 saturated carbocycles. The summed E-state index contributed by atoms with van der Waals surface area (Å²) in [5, 5.41) is 9.03. The van der Waals surface area contributed by atoms with Crippen LogP contribution in [0.15, 0.2) is 24.5 Å². The molecule has 0 amide bonds. The van der Waals surface area contributed by atoms with Gasteiger partial charge in [-0.3, -0.25) is 0 Å². The van der Waals surface area contributed by atoms with Gasteiger partial charge in [0.05, 0.1) is 5.69 Å². The number of fused-ring (bicyclic) bond motifs is 1. The predicted molar refractivity (Wildman–Crippen MR) is 62.3 cm³/mol. The van der Waals surface area contributed by atoms with Crippen molar-refractivity contribution in [2.24, 2.45) is 0 Å². The van der Waals surface area contributed by atoms with E-state index in [1.807, 2.05) is 6.20 Å². The van der Waals surface area contributed by atoms with Gasteiger partial charge < -0.3 is 14.2 Å². The highest BCUT2D eigenvalue weighted by atomic mass is 16.5. The van der Waals surface area contributed by atoms with Crippen molar-refractivity contribution in [3.8, 4) is 0 Å². The summed E-state index contributed by atoms with van der Waals surface area (Å²) < 4.78 is 6.71. The molecule has 2 rings (SSSR count). The Bertz CT molecular complexity index is 534. The Balaban J connectivity index is 2.30. The second-order valence-electron chi connectivity index (χ2n) is 3.79. The molecular formula is C12H14N2O3. The molecule has 0 radical (unpaired) electrons. The fourth-order valence-electron chi connectivity index (χ4n) is 1.75. The van der Waals surface area contributed by atoms with E-state index in [9.17, 15) is 4.79 Å². The summed E-state index contributed by atoms with van der Waals surface area (Å²) in [4.78, 5) is 15.3. The summed E-state index contributed by atoms with van der Waals surface area (Å²) in [7, 11) is 1.66. The minimum Gasteiger partial charge on any atom is -0.478 e. The van der Waals surface area contributed by atoms with Crippen LogP contribution in [-0.2, 0) is 11.2 Å². The van der Waals surface area contributed by atoms with Crippen molar-refractivity contribution in [3.63, 3.8) is 0 Å². The molecule has 0 saturated heterocycles. The zero-order valence-corrected chi connectivity index (χ0v) is 9.59. The summed E-state index contributed by atoms with van der Waals surface area (Å²) in [6.07, 6.45) is 5.32. The van der Waals surface area contributed by atoms with Gasteiger partial charge in [-0.05, 0) is 25.0 Å². The fraction of sp³-hybridized carbons (Fsp3) is 0.333. The lowest BCUT2D eigenvalue weighted by Crippen LogP contribution is -1.99. The number of carboxylic acid groups (broad SMARTS) is 1. The van der Waals surface area contributed by atoms with Crippen molar-refractivity contribution in [2.45, 2.75) is 12.8 Å². The van der Waals surface area contributed by atoms with Crippen LogP contribution in [-0.4, -0.2) is 34.2 Å². The molecule has 0 aliphatic rings. The van der Waals surface area contributed by atoms with E-state index in [1.54, 1.807) is 29.8 Å². The average molecular weight is 234 g/mol.